The number of aliphatic hydroxyl groups is 2. The first kappa shape index (κ1) is 27.7. The summed E-state index contributed by atoms with van der Waals surface area (Å²) in [4.78, 5) is 16.8. The van der Waals surface area contributed by atoms with Crippen LogP contribution in [0.3, 0.4) is 0 Å². The topological polar surface area (TPSA) is 101 Å². The highest BCUT2D eigenvalue weighted by Crippen LogP contribution is 2.55. The number of rotatable bonds is 7. The lowest BCUT2D eigenvalue weighted by atomic mass is 9.77. The summed E-state index contributed by atoms with van der Waals surface area (Å²) >= 11 is 0. The maximum Gasteiger partial charge on any atom is 0.417 e. The van der Waals surface area contributed by atoms with E-state index in [4.69, 9.17) is 14.6 Å². The molecule has 1 aromatic carbocycles. The molecule has 2 aromatic rings. The van der Waals surface area contributed by atoms with Crippen molar-refractivity contribution in [2.75, 3.05) is 19.0 Å². The van der Waals surface area contributed by atoms with Gasteiger partial charge in [-0.2, -0.15) is 17.6 Å². The Morgan fingerprint density at radius 3 is 2.53 bits per heavy atom. The third kappa shape index (κ3) is 4.87. The van der Waals surface area contributed by atoms with E-state index in [0.717, 1.165) is 33.1 Å². The lowest BCUT2D eigenvalue weighted by Gasteiger charge is -2.32. The maximum absolute atomic E-state index is 14.4. The smallest absolute Gasteiger partial charge is 0.417 e. The van der Waals surface area contributed by atoms with E-state index in [1.54, 1.807) is 0 Å². The van der Waals surface area contributed by atoms with E-state index >= 15 is 0 Å². The van der Waals surface area contributed by atoms with Crippen LogP contribution in [0.4, 0.5) is 32.0 Å². The van der Waals surface area contributed by atoms with E-state index in [1.165, 1.54) is 0 Å². The lowest BCUT2D eigenvalue weighted by Crippen LogP contribution is -2.47. The molecule has 1 aliphatic rings. The lowest BCUT2D eigenvalue weighted by molar-refractivity contribution is -0.272. The molecule has 36 heavy (non-hydrogen) atoms. The van der Waals surface area contributed by atoms with Crippen molar-refractivity contribution in [1.29, 1.82) is 0 Å². The Kier molecular flexibility index (Phi) is 7.86. The first-order valence-corrected chi connectivity index (χ1v) is 10.8. The summed E-state index contributed by atoms with van der Waals surface area (Å²) in [7, 11) is 0.991. The zero-order chi connectivity index (χ0) is 27.0. The second kappa shape index (κ2) is 10.2. The van der Waals surface area contributed by atoms with Crippen molar-refractivity contribution in [3.63, 3.8) is 0 Å². The van der Waals surface area contributed by atoms with Crippen LogP contribution in [0.25, 0.3) is 0 Å². The fourth-order valence-electron chi connectivity index (χ4n) is 4.25. The largest absolute Gasteiger partial charge is 0.493 e. The highest BCUT2D eigenvalue weighted by atomic mass is 19.4. The average Bonchev–Trinajstić information content (AvgIpc) is 3.09. The van der Waals surface area contributed by atoms with Crippen LogP contribution >= 0.6 is 0 Å². The Balaban J connectivity index is 2.06. The molecule has 7 nitrogen and oxygen atoms in total. The quantitative estimate of drug-likeness (QED) is 0.476. The molecule has 0 unspecified atom stereocenters. The summed E-state index contributed by atoms with van der Waals surface area (Å²) in [6, 6.07) is 2.65. The standard InChI is InChI=1S/C23H24F6N2O5/c1-10-17(11-4-5-12(24)18(26)19(11)35-3)20(36-22(10,2)23(27,28)29)21(34)31-14-8-15(16(33)6-7-32)30-9-13(14)25/h4-5,8-10,16-17,20,32-33H,6-7H2,1-3H3,(H,30,31,34)/t10-,16+,17-,20+,22+/m0/s1. The number of amides is 1. The molecule has 1 aromatic heterocycles. The van der Waals surface area contributed by atoms with Crippen molar-refractivity contribution >= 4 is 11.6 Å². The Hall–Kier alpha value is -2.90. The van der Waals surface area contributed by atoms with Gasteiger partial charge < -0.3 is 25.0 Å². The number of aliphatic hydroxyl groups excluding tert-OH is 2. The van der Waals surface area contributed by atoms with Crippen LogP contribution in [0, 0.1) is 23.4 Å². The molecule has 0 aliphatic carbocycles. The number of carbonyl (C=O) groups excluding carboxylic acids is 1. The third-order valence-corrected chi connectivity index (χ3v) is 6.45. The normalized spacial score (nSPS) is 25.0. The van der Waals surface area contributed by atoms with Crippen LogP contribution < -0.4 is 10.1 Å². The van der Waals surface area contributed by atoms with E-state index in [0.29, 0.717) is 12.3 Å². The van der Waals surface area contributed by atoms with E-state index in [-0.39, 0.29) is 17.7 Å². The van der Waals surface area contributed by atoms with Crippen molar-refractivity contribution in [3.8, 4) is 5.75 Å². The zero-order valence-electron chi connectivity index (χ0n) is 19.4. The molecule has 13 heteroatoms. The van der Waals surface area contributed by atoms with Crippen LogP contribution in [-0.2, 0) is 9.53 Å². The van der Waals surface area contributed by atoms with Gasteiger partial charge >= 0.3 is 6.18 Å². The number of carbonyl (C=O) groups is 1. The monoisotopic (exact) mass is 522 g/mol. The summed E-state index contributed by atoms with van der Waals surface area (Å²) in [5.74, 6) is -8.69. The number of anilines is 1. The summed E-state index contributed by atoms with van der Waals surface area (Å²) in [5.41, 5.74) is -3.75. The molecule has 1 fully saturated rings. The SMILES string of the molecule is COc1c([C@H]2[C@H](C(=O)Nc3cc([C@H](O)CCO)ncc3F)O[C@@](C)(C(F)(F)F)[C@H]2C)ccc(F)c1F. The number of nitrogens with one attached hydrogen (secondary N) is 1. The molecule has 0 spiro atoms. The van der Waals surface area contributed by atoms with E-state index in [1.807, 2.05) is 0 Å². The minimum Gasteiger partial charge on any atom is -0.493 e. The van der Waals surface area contributed by atoms with Gasteiger partial charge in [0.2, 0.25) is 5.82 Å². The average molecular weight is 522 g/mol. The van der Waals surface area contributed by atoms with Crippen molar-refractivity contribution < 1.29 is 50.8 Å². The number of benzene rings is 1. The van der Waals surface area contributed by atoms with Gasteiger partial charge in [-0.15, -0.1) is 0 Å². The Morgan fingerprint density at radius 2 is 1.94 bits per heavy atom. The van der Waals surface area contributed by atoms with Gasteiger partial charge in [0.15, 0.2) is 23.0 Å². The minimum absolute atomic E-state index is 0.111. The highest BCUT2D eigenvalue weighted by molar-refractivity contribution is 5.95. The molecule has 0 bridgehead atoms. The fourth-order valence-corrected chi connectivity index (χ4v) is 4.25. The zero-order valence-corrected chi connectivity index (χ0v) is 19.4. The summed E-state index contributed by atoms with van der Waals surface area (Å²) in [6.07, 6.45) is -7.66. The van der Waals surface area contributed by atoms with Gasteiger partial charge in [0, 0.05) is 30.4 Å². The second-order valence-corrected chi connectivity index (χ2v) is 8.55. The van der Waals surface area contributed by atoms with Crippen molar-refractivity contribution in [2.24, 2.45) is 5.92 Å². The molecule has 3 N–H and O–H groups in total. The predicted octanol–water partition coefficient (Wildman–Crippen LogP) is 4.00. The van der Waals surface area contributed by atoms with E-state index < -0.39 is 77.2 Å². The molecule has 0 saturated carbocycles. The Bertz CT molecular complexity index is 1130. The summed E-state index contributed by atoms with van der Waals surface area (Å²) < 4.78 is 94.8. The molecule has 0 radical (unpaired) electrons. The molecule has 2 heterocycles. The van der Waals surface area contributed by atoms with Gasteiger partial charge in [-0.25, -0.2) is 8.78 Å². The molecular weight excluding hydrogens is 498 g/mol. The minimum atomic E-state index is -4.96. The number of pyridine rings is 1. The first-order chi connectivity index (χ1) is 16.8. The molecule has 1 aliphatic heterocycles. The first-order valence-electron chi connectivity index (χ1n) is 10.8. The highest BCUT2D eigenvalue weighted by Gasteiger charge is 2.66. The van der Waals surface area contributed by atoms with Crippen LogP contribution in [0.5, 0.6) is 5.75 Å². The molecule has 3 rings (SSSR count). The Labute approximate surface area is 202 Å². The van der Waals surface area contributed by atoms with Crippen LogP contribution in [0.2, 0.25) is 0 Å². The van der Waals surface area contributed by atoms with Crippen LogP contribution in [0.15, 0.2) is 24.4 Å². The van der Waals surface area contributed by atoms with Gasteiger partial charge in [0.05, 0.1) is 30.8 Å². The number of halogens is 6. The number of ether oxygens (including phenoxy) is 2. The molecule has 1 saturated heterocycles. The van der Waals surface area contributed by atoms with Gasteiger partial charge in [-0.1, -0.05) is 13.0 Å². The maximum atomic E-state index is 14.4. The van der Waals surface area contributed by atoms with Gasteiger partial charge in [-0.3, -0.25) is 9.78 Å². The number of nitrogens with zero attached hydrogens (tertiary/aromatic N) is 1. The van der Waals surface area contributed by atoms with Gasteiger partial charge in [-0.05, 0) is 19.1 Å². The molecular formula is C23H24F6N2O5. The van der Waals surface area contributed by atoms with Gasteiger partial charge in [0.1, 0.15) is 6.10 Å². The number of aromatic nitrogens is 1. The Morgan fingerprint density at radius 1 is 1.28 bits per heavy atom. The van der Waals surface area contributed by atoms with Crippen LogP contribution in [0.1, 0.15) is 43.5 Å². The molecule has 198 valence electrons. The fraction of sp³-hybridized carbons (Fsp3) is 0.478. The number of hydrogen-bond acceptors (Lipinski definition) is 6. The van der Waals surface area contributed by atoms with E-state index in [9.17, 15) is 36.2 Å². The van der Waals surface area contributed by atoms with Gasteiger partial charge in [0.25, 0.3) is 5.91 Å². The molecule has 5 atom stereocenters. The summed E-state index contributed by atoms with van der Waals surface area (Å²) in [5, 5.41) is 21.1. The third-order valence-electron chi connectivity index (χ3n) is 6.45. The molecule has 1 amide bonds. The summed E-state index contributed by atoms with van der Waals surface area (Å²) in [6.45, 7) is 1.45. The van der Waals surface area contributed by atoms with Crippen molar-refractivity contribution in [1.82, 2.24) is 4.98 Å². The number of alkyl halides is 3. The number of hydrogen-bond donors (Lipinski definition) is 3. The van der Waals surface area contributed by atoms with Crippen LogP contribution in [-0.4, -0.2) is 52.7 Å². The second-order valence-electron chi connectivity index (χ2n) is 8.55. The number of methoxy groups -OCH3 is 1. The van der Waals surface area contributed by atoms with E-state index in [2.05, 4.69) is 10.3 Å². The van der Waals surface area contributed by atoms with Crippen molar-refractivity contribution in [3.05, 3.63) is 53.1 Å². The predicted molar refractivity (Wildman–Crippen MR) is 114 cm³/mol. The van der Waals surface area contributed by atoms with Crippen molar-refractivity contribution in [2.45, 2.75) is 50.2 Å².